The maximum Gasteiger partial charge on any atom is 0.228 e. The molecule has 1 fully saturated rings. The van der Waals surface area contributed by atoms with E-state index in [-0.39, 0.29) is 11.7 Å². The summed E-state index contributed by atoms with van der Waals surface area (Å²) in [5.41, 5.74) is 3.07. The van der Waals surface area contributed by atoms with E-state index in [0.29, 0.717) is 24.6 Å². The van der Waals surface area contributed by atoms with Gasteiger partial charge in [-0.05, 0) is 66.8 Å². The van der Waals surface area contributed by atoms with Crippen LogP contribution in [-0.4, -0.2) is 17.6 Å². The van der Waals surface area contributed by atoms with Gasteiger partial charge in [-0.3, -0.25) is 4.79 Å². The van der Waals surface area contributed by atoms with Crippen molar-refractivity contribution in [3.8, 4) is 5.75 Å². The third-order valence-corrected chi connectivity index (χ3v) is 4.30. The summed E-state index contributed by atoms with van der Waals surface area (Å²) in [5, 5.41) is 16.2. The van der Waals surface area contributed by atoms with Crippen molar-refractivity contribution in [3.63, 3.8) is 0 Å². The highest BCUT2D eigenvalue weighted by Crippen LogP contribution is 2.44. The summed E-state index contributed by atoms with van der Waals surface area (Å²) in [5.74, 6) is 0.713. The minimum Gasteiger partial charge on any atom is -0.508 e. The molecule has 1 saturated carbocycles. The van der Waals surface area contributed by atoms with E-state index in [1.807, 2.05) is 30.4 Å². The van der Waals surface area contributed by atoms with E-state index in [1.54, 1.807) is 24.3 Å². The second-order valence-electron chi connectivity index (χ2n) is 6.16. The Morgan fingerprint density at radius 1 is 1.16 bits per heavy atom. The van der Waals surface area contributed by atoms with E-state index in [9.17, 15) is 9.90 Å². The quantitative estimate of drug-likeness (QED) is 0.487. The molecule has 1 aliphatic carbocycles. The molecule has 3 rings (SSSR count). The Morgan fingerprint density at radius 2 is 1.92 bits per heavy atom. The number of nitrogens with one attached hydrogen (secondary N) is 2. The Bertz CT molecular complexity index is 768. The normalized spacial score (nSPS) is 13.8. The first-order valence-electron chi connectivity index (χ1n) is 8.39. The van der Waals surface area contributed by atoms with Gasteiger partial charge in [-0.1, -0.05) is 23.8 Å². The van der Waals surface area contributed by atoms with E-state index >= 15 is 0 Å². The molecule has 0 heterocycles. The number of anilines is 2. The van der Waals surface area contributed by atoms with Crippen molar-refractivity contribution in [3.05, 3.63) is 65.2 Å². The summed E-state index contributed by atoms with van der Waals surface area (Å²) >= 11 is 6.08. The first kappa shape index (κ1) is 17.4. The van der Waals surface area contributed by atoms with Crippen molar-refractivity contribution in [1.29, 1.82) is 0 Å². The molecule has 3 N–H and O–H groups in total. The lowest BCUT2D eigenvalue weighted by Gasteiger charge is -2.10. The number of phenolic OH excluding ortho intramolecular Hbond substituents is 1. The molecule has 0 aromatic heterocycles. The summed E-state index contributed by atoms with van der Waals surface area (Å²) in [6.07, 6.45) is 6.54. The minimum absolute atomic E-state index is 0.0906. The third kappa shape index (κ3) is 5.26. The fraction of sp³-hybridized carbons (Fsp3) is 0.250. The molecule has 2 aromatic carbocycles. The van der Waals surface area contributed by atoms with Gasteiger partial charge in [-0.2, -0.15) is 0 Å². The lowest BCUT2D eigenvalue weighted by Crippen LogP contribution is -2.10. The topological polar surface area (TPSA) is 61.4 Å². The van der Waals surface area contributed by atoms with E-state index in [1.165, 1.54) is 18.4 Å². The van der Waals surface area contributed by atoms with Crippen LogP contribution in [0, 0.1) is 0 Å². The van der Waals surface area contributed by atoms with Gasteiger partial charge in [-0.25, -0.2) is 0 Å². The van der Waals surface area contributed by atoms with Gasteiger partial charge in [0.1, 0.15) is 5.75 Å². The Kier molecular flexibility index (Phi) is 5.61. The maximum absolute atomic E-state index is 11.9. The molecule has 130 valence electrons. The summed E-state index contributed by atoms with van der Waals surface area (Å²) < 4.78 is 0. The van der Waals surface area contributed by atoms with Crippen molar-refractivity contribution < 1.29 is 9.90 Å². The highest BCUT2D eigenvalue weighted by Gasteiger charge is 2.26. The van der Waals surface area contributed by atoms with E-state index in [0.717, 1.165) is 10.7 Å². The number of aromatic hydroxyl groups is 1. The second kappa shape index (κ2) is 8.08. The van der Waals surface area contributed by atoms with Crippen molar-refractivity contribution in [1.82, 2.24) is 0 Å². The zero-order valence-corrected chi connectivity index (χ0v) is 14.6. The molecule has 1 amide bonds. The van der Waals surface area contributed by atoms with Crippen molar-refractivity contribution >= 4 is 28.9 Å². The lowest BCUT2D eigenvalue weighted by molar-refractivity contribution is -0.115. The van der Waals surface area contributed by atoms with Crippen LogP contribution in [-0.2, 0) is 4.79 Å². The molecule has 0 bridgehead atoms. The molecule has 0 atom stereocenters. The van der Waals surface area contributed by atoms with Crippen molar-refractivity contribution in [2.75, 3.05) is 17.2 Å². The van der Waals surface area contributed by atoms with Crippen LogP contribution < -0.4 is 10.6 Å². The van der Waals surface area contributed by atoms with Gasteiger partial charge in [0, 0.05) is 29.4 Å². The van der Waals surface area contributed by atoms with Crippen molar-refractivity contribution in [2.24, 2.45) is 0 Å². The second-order valence-corrected chi connectivity index (χ2v) is 6.59. The lowest BCUT2D eigenvalue weighted by atomic mass is 10.1. The number of hydrogen-bond acceptors (Lipinski definition) is 3. The maximum atomic E-state index is 11.9. The molecule has 4 nitrogen and oxygen atoms in total. The van der Waals surface area contributed by atoms with Gasteiger partial charge >= 0.3 is 0 Å². The predicted octanol–water partition coefficient (Wildman–Crippen LogP) is 4.92. The first-order valence-corrected chi connectivity index (χ1v) is 8.77. The average Bonchev–Trinajstić information content (AvgIpc) is 3.43. The molecule has 0 spiro atoms. The summed E-state index contributed by atoms with van der Waals surface area (Å²) in [7, 11) is 0. The van der Waals surface area contributed by atoms with Crippen LogP contribution in [0.3, 0.4) is 0 Å². The highest BCUT2D eigenvalue weighted by atomic mass is 35.5. The Labute approximate surface area is 152 Å². The van der Waals surface area contributed by atoms with Crippen LogP contribution in [0.15, 0.2) is 54.6 Å². The number of carbonyl (C=O) groups excluding carboxylic acids is 1. The third-order valence-electron chi connectivity index (χ3n) is 4.06. The van der Waals surface area contributed by atoms with Gasteiger partial charge in [0.05, 0.1) is 0 Å². The summed E-state index contributed by atoms with van der Waals surface area (Å²) in [4.78, 5) is 11.9. The SMILES string of the molecule is O=C(CC=CCNc1ccc(Cl)cc1C1CC1)Nc1ccc(O)cc1. The standard InChI is InChI=1S/C20H21ClN2O2/c21-15-6-11-19(18(13-15)14-4-5-14)22-12-2-1-3-20(25)23-16-7-9-17(24)10-8-16/h1-2,6-11,13-14,22,24H,3-5,12H2,(H,23,25). The molecule has 0 saturated heterocycles. The summed E-state index contributed by atoms with van der Waals surface area (Å²) in [6, 6.07) is 12.4. The molecule has 0 aliphatic heterocycles. The van der Waals surface area contributed by atoms with Gasteiger partial charge in [0.15, 0.2) is 0 Å². The molecular weight excluding hydrogens is 336 g/mol. The fourth-order valence-electron chi connectivity index (χ4n) is 2.63. The number of halogens is 1. The van der Waals surface area contributed by atoms with Crippen molar-refractivity contribution in [2.45, 2.75) is 25.2 Å². The van der Waals surface area contributed by atoms with Gasteiger partial charge in [-0.15, -0.1) is 0 Å². The molecule has 5 heteroatoms. The van der Waals surface area contributed by atoms with Crippen LogP contribution in [0.1, 0.15) is 30.7 Å². The van der Waals surface area contributed by atoms with Gasteiger partial charge in [0.2, 0.25) is 5.91 Å². The van der Waals surface area contributed by atoms with E-state index in [2.05, 4.69) is 10.6 Å². The van der Waals surface area contributed by atoms with Crippen LogP contribution in [0.2, 0.25) is 5.02 Å². The number of amides is 1. The predicted molar refractivity (Wildman–Crippen MR) is 102 cm³/mol. The average molecular weight is 357 g/mol. The number of benzene rings is 2. The minimum atomic E-state index is -0.0906. The number of hydrogen-bond donors (Lipinski definition) is 3. The molecular formula is C20H21ClN2O2. The van der Waals surface area contributed by atoms with Crippen LogP contribution in [0.25, 0.3) is 0 Å². The first-order chi connectivity index (χ1) is 12.1. The Hall–Kier alpha value is -2.46. The highest BCUT2D eigenvalue weighted by molar-refractivity contribution is 6.30. The van der Waals surface area contributed by atoms with Crippen LogP contribution in [0.4, 0.5) is 11.4 Å². The largest absolute Gasteiger partial charge is 0.508 e. The van der Waals surface area contributed by atoms with Crippen LogP contribution >= 0.6 is 11.6 Å². The van der Waals surface area contributed by atoms with Gasteiger partial charge < -0.3 is 15.7 Å². The Balaban J connectivity index is 1.44. The van der Waals surface area contributed by atoms with Crippen LogP contribution in [0.5, 0.6) is 5.75 Å². The number of carbonyl (C=O) groups is 1. The number of rotatable bonds is 7. The number of phenols is 1. The van der Waals surface area contributed by atoms with Gasteiger partial charge in [0.25, 0.3) is 0 Å². The van der Waals surface area contributed by atoms with E-state index in [4.69, 9.17) is 11.6 Å². The zero-order valence-electron chi connectivity index (χ0n) is 13.8. The zero-order chi connectivity index (χ0) is 17.6. The molecule has 1 aliphatic rings. The monoisotopic (exact) mass is 356 g/mol. The summed E-state index contributed by atoms with van der Waals surface area (Å²) in [6.45, 7) is 0.661. The molecule has 25 heavy (non-hydrogen) atoms. The molecule has 0 radical (unpaired) electrons. The Morgan fingerprint density at radius 3 is 2.64 bits per heavy atom. The smallest absolute Gasteiger partial charge is 0.228 e. The van der Waals surface area contributed by atoms with E-state index < -0.39 is 0 Å². The molecule has 0 unspecified atom stereocenters. The molecule has 2 aromatic rings. The fourth-order valence-corrected chi connectivity index (χ4v) is 2.81.